The van der Waals surface area contributed by atoms with Gasteiger partial charge in [-0.05, 0) is 43.5 Å². The second-order valence-corrected chi connectivity index (χ2v) is 3.27. The zero-order valence-electron chi connectivity index (χ0n) is 10.6. The second kappa shape index (κ2) is 11.0. The molecule has 0 aliphatic rings. The van der Waals surface area contributed by atoms with E-state index in [1.54, 1.807) is 24.3 Å². The molecule has 0 saturated carbocycles. The standard InChI is InChI=1S/C12H15NO2.C2H6/c13-10-11-4-6-12(7-5-11)15-9-3-1-2-8-14;1-2/h4-7,14H,1-3,8-9H2;1-2H3. The maximum atomic E-state index is 8.59. The monoisotopic (exact) mass is 235 g/mol. The Morgan fingerprint density at radius 1 is 1.12 bits per heavy atom. The van der Waals surface area contributed by atoms with Crippen molar-refractivity contribution in [2.45, 2.75) is 33.1 Å². The Balaban J connectivity index is 0.00000121. The van der Waals surface area contributed by atoms with Gasteiger partial charge in [0.05, 0.1) is 18.2 Å². The minimum absolute atomic E-state index is 0.247. The fraction of sp³-hybridized carbons (Fsp3) is 0.500. The number of unbranched alkanes of at least 4 members (excludes halogenated alkanes) is 2. The third-order valence-electron chi connectivity index (χ3n) is 2.05. The van der Waals surface area contributed by atoms with Gasteiger partial charge >= 0.3 is 0 Å². The molecule has 0 heterocycles. The number of ether oxygens (including phenoxy) is 1. The average Bonchev–Trinajstić information content (AvgIpc) is 2.41. The lowest BCUT2D eigenvalue weighted by molar-refractivity contribution is 0.266. The van der Waals surface area contributed by atoms with Crippen LogP contribution in [0.5, 0.6) is 5.75 Å². The third-order valence-corrected chi connectivity index (χ3v) is 2.05. The molecule has 0 amide bonds. The van der Waals surface area contributed by atoms with Crippen LogP contribution in [0.4, 0.5) is 0 Å². The molecule has 1 rings (SSSR count). The van der Waals surface area contributed by atoms with E-state index in [-0.39, 0.29) is 6.61 Å². The molecule has 0 atom stereocenters. The Bertz CT molecular complexity index is 314. The van der Waals surface area contributed by atoms with Gasteiger partial charge in [0.15, 0.2) is 0 Å². The number of rotatable bonds is 6. The van der Waals surface area contributed by atoms with Crippen molar-refractivity contribution in [3.05, 3.63) is 29.8 Å². The fourth-order valence-corrected chi connectivity index (χ4v) is 1.21. The summed E-state index contributed by atoms with van der Waals surface area (Å²) in [6.07, 6.45) is 2.75. The van der Waals surface area contributed by atoms with Crippen molar-refractivity contribution in [2.75, 3.05) is 13.2 Å². The molecule has 3 heteroatoms. The smallest absolute Gasteiger partial charge is 0.119 e. The highest BCUT2D eigenvalue weighted by molar-refractivity contribution is 5.34. The van der Waals surface area contributed by atoms with Gasteiger partial charge in [0.1, 0.15) is 5.75 Å². The van der Waals surface area contributed by atoms with E-state index >= 15 is 0 Å². The van der Waals surface area contributed by atoms with E-state index in [9.17, 15) is 0 Å². The number of hydrogen-bond donors (Lipinski definition) is 1. The number of hydrogen-bond acceptors (Lipinski definition) is 3. The van der Waals surface area contributed by atoms with E-state index in [0.29, 0.717) is 12.2 Å². The van der Waals surface area contributed by atoms with Crippen LogP contribution in [-0.4, -0.2) is 18.3 Å². The Morgan fingerprint density at radius 2 is 1.76 bits per heavy atom. The van der Waals surface area contributed by atoms with Crippen LogP contribution >= 0.6 is 0 Å². The number of nitriles is 1. The molecule has 1 N–H and O–H groups in total. The van der Waals surface area contributed by atoms with Gasteiger partial charge in [-0.25, -0.2) is 0 Å². The Kier molecular flexibility index (Phi) is 9.98. The molecule has 0 aliphatic heterocycles. The van der Waals surface area contributed by atoms with Gasteiger partial charge in [-0.3, -0.25) is 0 Å². The van der Waals surface area contributed by atoms with Crippen LogP contribution < -0.4 is 4.74 Å². The van der Waals surface area contributed by atoms with E-state index < -0.39 is 0 Å². The van der Waals surface area contributed by atoms with Crippen LogP contribution in [0.15, 0.2) is 24.3 Å². The first kappa shape index (κ1) is 15.5. The molecule has 0 fully saturated rings. The van der Waals surface area contributed by atoms with E-state index in [0.717, 1.165) is 25.0 Å². The first-order chi connectivity index (χ1) is 8.36. The molecule has 0 bridgehead atoms. The van der Waals surface area contributed by atoms with Gasteiger partial charge in [-0.15, -0.1) is 0 Å². The molecule has 1 aromatic carbocycles. The van der Waals surface area contributed by atoms with Crippen molar-refractivity contribution in [1.82, 2.24) is 0 Å². The summed E-state index contributed by atoms with van der Waals surface area (Å²) >= 11 is 0. The molecule has 1 aromatic rings. The summed E-state index contributed by atoms with van der Waals surface area (Å²) in [7, 11) is 0. The van der Waals surface area contributed by atoms with Crippen molar-refractivity contribution in [3.63, 3.8) is 0 Å². The summed E-state index contributed by atoms with van der Waals surface area (Å²) in [4.78, 5) is 0. The lowest BCUT2D eigenvalue weighted by Crippen LogP contribution is -1.97. The van der Waals surface area contributed by atoms with E-state index in [2.05, 4.69) is 6.07 Å². The van der Waals surface area contributed by atoms with Crippen molar-refractivity contribution in [1.29, 1.82) is 5.26 Å². The summed E-state index contributed by atoms with van der Waals surface area (Å²) in [5.41, 5.74) is 0.641. The molecular weight excluding hydrogens is 214 g/mol. The highest BCUT2D eigenvalue weighted by Crippen LogP contribution is 2.12. The van der Waals surface area contributed by atoms with E-state index in [1.807, 2.05) is 13.8 Å². The predicted molar refractivity (Wildman–Crippen MR) is 68.9 cm³/mol. The minimum atomic E-state index is 0.247. The number of aliphatic hydroxyl groups excluding tert-OH is 1. The van der Waals surface area contributed by atoms with Gasteiger partial charge in [0.25, 0.3) is 0 Å². The highest BCUT2D eigenvalue weighted by atomic mass is 16.5. The second-order valence-electron chi connectivity index (χ2n) is 3.27. The Morgan fingerprint density at radius 3 is 2.29 bits per heavy atom. The van der Waals surface area contributed by atoms with Crippen LogP contribution in [0.1, 0.15) is 38.7 Å². The van der Waals surface area contributed by atoms with Crippen molar-refractivity contribution in [2.24, 2.45) is 0 Å². The summed E-state index contributed by atoms with van der Waals surface area (Å²) < 4.78 is 5.46. The first-order valence-electron chi connectivity index (χ1n) is 6.10. The highest BCUT2D eigenvalue weighted by Gasteiger charge is 1.94. The topological polar surface area (TPSA) is 53.2 Å². The largest absolute Gasteiger partial charge is 0.494 e. The molecule has 3 nitrogen and oxygen atoms in total. The zero-order chi connectivity index (χ0) is 12.9. The number of aliphatic hydroxyl groups is 1. The molecule has 0 spiro atoms. The van der Waals surface area contributed by atoms with Crippen molar-refractivity contribution in [3.8, 4) is 11.8 Å². The molecule has 0 radical (unpaired) electrons. The lowest BCUT2D eigenvalue weighted by atomic mass is 10.2. The van der Waals surface area contributed by atoms with Gasteiger partial charge in [-0.1, -0.05) is 13.8 Å². The summed E-state index contributed by atoms with van der Waals surface area (Å²) in [6, 6.07) is 9.13. The SMILES string of the molecule is CC.N#Cc1ccc(OCCCCCO)cc1. The number of benzene rings is 1. The zero-order valence-corrected chi connectivity index (χ0v) is 10.6. The van der Waals surface area contributed by atoms with Crippen molar-refractivity contribution >= 4 is 0 Å². The first-order valence-corrected chi connectivity index (χ1v) is 6.10. The maximum absolute atomic E-state index is 8.59. The van der Waals surface area contributed by atoms with Crippen molar-refractivity contribution < 1.29 is 9.84 Å². The summed E-state index contributed by atoms with van der Waals surface area (Å²) in [5, 5.41) is 17.2. The van der Waals surface area contributed by atoms with Crippen LogP contribution in [-0.2, 0) is 0 Å². The third kappa shape index (κ3) is 7.37. The van der Waals surface area contributed by atoms with Gasteiger partial charge in [-0.2, -0.15) is 5.26 Å². The maximum Gasteiger partial charge on any atom is 0.119 e. The van der Waals surface area contributed by atoms with Crippen LogP contribution in [0.2, 0.25) is 0 Å². The van der Waals surface area contributed by atoms with E-state index in [4.69, 9.17) is 15.1 Å². The Labute approximate surface area is 104 Å². The van der Waals surface area contributed by atoms with Gasteiger partial charge in [0.2, 0.25) is 0 Å². The van der Waals surface area contributed by atoms with Crippen LogP contribution in [0.3, 0.4) is 0 Å². The number of nitrogens with zero attached hydrogens (tertiary/aromatic N) is 1. The van der Waals surface area contributed by atoms with Gasteiger partial charge in [0, 0.05) is 6.61 Å². The van der Waals surface area contributed by atoms with Crippen LogP contribution in [0.25, 0.3) is 0 Å². The van der Waals surface area contributed by atoms with Crippen LogP contribution in [0, 0.1) is 11.3 Å². The molecule has 0 aromatic heterocycles. The predicted octanol–water partition coefficient (Wildman–Crippen LogP) is 3.13. The van der Waals surface area contributed by atoms with E-state index in [1.165, 1.54) is 0 Å². The molecule has 0 aliphatic carbocycles. The fourth-order valence-electron chi connectivity index (χ4n) is 1.21. The normalized spacial score (nSPS) is 8.82. The Hall–Kier alpha value is -1.53. The summed E-state index contributed by atoms with van der Waals surface area (Å²) in [5.74, 6) is 0.790. The molecule has 17 heavy (non-hydrogen) atoms. The molecule has 0 saturated heterocycles. The molecule has 0 unspecified atom stereocenters. The lowest BCUT2D eigenvalue weighted by Gasteiger charge is -2.05. The molecule has 94 valence electrons. The average molecular weight is 235 g/mol. The van der Waals surface area contributed by atoms with Gasteiger partial charge < -0.3 is 9.84 Å². The summed E-state index contributed by atoms with van der Waals surface area (Å²) in [6.45, 7) is 4.91. The minimum Gasteiger partial charge on any atom is -0.494 e. The molecular formula is C14H21NO2. The quantitative estimate of drug-likeness (QED) is 0.771.